The first-order valence-electron chi connectivity index (χ1n) is 5.28. The average molecular weight is 203 g/mol. The van der Waals surface area contributed by atoms with Crippen LogP contribution in [0, 0.1) is 0 Å². The molecule has 0 aliphatic carbocycles. The third-order valence-corrected chi connectivity index (χ3v) is 2.87. The Balaban J connectivity index is 2.53. The highest BCUT2D eigenvalue weighted by Crippen LogP contribution is 2.39. The maximum absolute atomic E-state index is 5.76. The molecule has 1 aliphatic rings. The monoisotopic (exact) mass is 203 g/mol. The molecule has 1 aromatic carbocycles. The van der Waals surface area contributed by atoms with Crippen molar-refractivity contribution in [1.82, 2.24) is 0 Å². The van der Waals surface area contributed by atoms with Crippen LogP contribution in [0.25, 0.3) is 0 Å². The molecule has 1 heterocycles. The van der Waals surface area contributed by atoms with Crippen LogP contribution in [0.5, 0.6) is 5.75 Å². The van der Waals surface area contributed by atoms with Crippen LogP contribution >= 0.6 is 0 Å². The highest BCUT2D eigenvalue weighted by molar-refractivity contribution is 5.66. The summed E-state index contributed by atoms with van der Waals surface area (Å²) >= 11 is 0. The lowest BCUT2D eigenvalue weighted by atomic mass is 10.00. The zero-order valence-corrected chi connectivity index (χ0v) is 9.58. The molecular weight excluding hydrogens is 186 g/mol. The summed E-state index contributed by atoms with van der Waals surface area (Å²) in [5.74, 6) is 1.50. The summed E-state index contributed by atoms with van der Waals surface area (Å²) in [4.78, 5) is 2.10. The van der Waals surface area contributed by atoms with Crippen molar-refractivity contribution in [3.63, 3.8) is 0 Å². The number of hydrogen-bond acceptors (Lipinski definition) is 2. The fourth-order valence-corrected chi connectivity index (χ4v) is 1.84. The Morgan fingerprint density at radius 1 is 1.40 bits per heavy atom. The van der Waals surface area contributed by atoms with Crippen LogP contribution in [0.4, 0.5) is 5.69 Å². The second-order valence-corrected chi connectivity index (χ2v) is 4.26. The van der Waals surface area contributed by atoms with Gasteiger partial charge >= 0.3 is 0 Å². The van der Waals surface area contributed by atoms with Crippen molar-refractivity contribution >= 4 is 5.69 Å². The molecule has 2 heteroatoms. The molecule has 0 fully saturated rings. The summed E-state index contributed by atoms with van der Waals surface area (Å²) in [6.07, 6.45) is 0. The second-order valence-electron chi connectivity index (χ2n) is 4.26. The van der Waals surface area contributed by atoms with Gasteiger partial charge in [0.05, 0.1) is 5.69 Å². The van der Waals surface area contributed by atoms with Gasteiger partial charge < -0.3 is 9.64 Å². The number of hydrogen-bond donors (Lipinski definition) is 0. The van der Waals surface area contributed by atoms with Crippen LogP contribution in [0.15, 0.2) is 30.5 Å². The summed E-state index contributed by atoms with van der Waals surface area (Å²) in [5, 5.41) is 0. The van der Waals surface area contributed by atoms with Crippen LogP contribution < -0.4 is 9.64 Å². The number of anilines is 1. The minimum Gasteiger partial charge on any atom is -0.485 e. The molecular formula is C13H17NO. The van der Waals surface area contributed by atoms with E-state index in [1.165, 1.54) is 5.56 Å². The molecule has 1 aromatic rings. The first-order chi connectivity index (χ1) is 7.11. The van der Waals surface area contributed by atoms with Gasteiger partial charge in [0, 0.05) is 12.7 Å². The molecule has 1 aliphatic heterocycles. The molecule has 2 rings (SSSR count). The van der Waals surface area contributed by atoms with E-state index in [0.29, 0.717) is 12.5 Å². The van der Waals surface area contributed by atoms with Gasteiger partial charge in [0.2, 0.25) is 0 Å². The molecule has 0 saturated carbocycles. The second kappa shape index (κ2) is 3.61. The highest BCUT2D eigenvalue weighted by atomic mass is 16.5. The van der Waals surface area contributed by atoms with E-state index in [1.807, 2.05) is 7.05 Å². The number of ether oxygens (including phenoxy) is 1. The lowest BCUT2D eigenvalue weighted by Crippen LogP contribution is -2.26. The van der Waals surface area contributed by atoms with Crippen molar-refractivity contribution in [2.24, 2.45) is 0 Å². The first-order valence-corrected chi connectivity index (χ1v) is 5.28. The number of para-hydroxylation sites is 1. The standard InChI is InChI=1S/C13H17NO/c1-9(2)11-6-5-7-12-13(11)15-8-10(3)14(12)4/h5-7,9H,3,8H2,1-2,4H3. The van der Waals surface area contributed by atoms with E-state index in [0.717, 1.165) is 17.1 Å². The lowest BCUT2D eigenvalue weighted by Gasteiger charge is -2.31. The molecule has 0 aromatic heterocycles. The zero-order valence-electron chi connectivity index (χ0n) is 9.58. The van der Waals surface area contributed by atoms with Gasteiger partial charge in [-0.05, 0) is 17.5 Å². The molecule has 0 atom stereocenters. The Bertz CT molecular complexity index is 396. The molecule has 0 unspecified atom stereocenters. The van der Waals surface area contributed by atoms with E-state index in [9.17, 15) is 0 Å². The Hall–Kier alpha value is -1.44. The van der Waals surface area contributed by atoms with Gasteiger partial charge in [0.25, 0.3) is 0 Å². The van der Waals surface area contributed by atoms with E-state index in [-0.39, 0.29) is 0 Å². The topological polar surface area (TPSA) is 12.5 Å². The largest absolute Gasteiger partial charge is 0.485 e. The maximum Gasteiger partial charge on any atom is 0.146 e. The Kier molecular flexibility index (Phi) is 2.43. The molecule has 0 N–H and O–H groups in total. The Morgan fingerprint density at radius 2 is 2.13 bits per heavy atom. The molecule has 0 radical (unpaired) electrons. The van der Waals surface area contributed by atoms with Gasteiger partial charge in [0.15, 0.2) is 0 Å². The predicted octanol–water partition coefficient (Wildman–Crippen LogP) is 3.15. The predicted molar refractivity (Wildman–Crippen MR) is 63.6 cm³/mol. The average Bonchev–Trinajstić information content (AvgIpc) is 2.23. The molecule has 0 saturated heterocycles. The number of nitrogens with zero attached hydrogens (tertiary/aromatic N) is 1. The minimum absolute atomic E-state index is 0.486. The smallest absolute Gasteiger partial charge is 0.146 e. The van der Waals surface area contributed by atoms with E-state index in [2.05, 4.69) is 43.5 Å². The zero-order chi connectivity index (χ0) is 11.0. The van der Waals surface area contributed by atoms with Gasteiger partial charge in [-0.15, -0.1) is 0 Å². The van der Waals surface area contributed by atoms with Crippen LogP contribution in [-0.2, 0) is 0 Å². The normalized spacial score (nSPS) is 15.2. The summed E-state index contributed by atoms with van der Waals surface area (Å²) < 4.78 is 5.76. The van der Waals surface area contributed by atoms with Gasteiger partial charge in [-0.1, -0.05) is 32.6 Å². The van der Waals surface area contributed by atoms with E-state index < -0.39 is 0 Å². The van der Waals surface area contributed by atoms with Crippen LogP contribution in [0.2, 0.25) is 0 Å². The maximum atomic E-state index is 5.76. The fraction of sp³-hybridized carbons (Fsp3) is 0.385. The van der Waals surface area contributed by atoms with Crippen molar-refractivity contribution in [1.29, 1.82) is 0 Å². The van der Waals surface area contributed by atoms with E-state index >= 15 is 0 Å². The molecule has 0 bridgehead atoms. The molecule has 0 spiro atoms. The van der Waals surface area contributed by atoms with Crippen molar-refractivity contribution < 1.29 is 4.74 Å². The van der Waals surface area contributed by atoms with Gasteiger partial charge in [-0.3, -0.25) is 0 Å². The van der Waals surface area contributed by atoms with Crippen molar-refractivity contribution in [3.8, 4) is 5.75 Å². The molecule has 2 nitrogen and oxygen atoms in total. The number of rotatable bonds is 1. The lowest BCUT2D eigenvalue weighted by molar-refractivity contribution is 0.333. The van der Waals surface area contributed by atoms with Crippen molar-refractivity contribution in [3.05, 3.63) is 36.0 Å². The van der Waals surface area contributed by atoms with Crippen molar-refractivity contribution in [2.45, 2.75) is 19.8 Å². The first kappa shape index (κ1) is 10.1. The summed E-state index contributed by atoms with van der Waals surface area (Å²) in [7, 11) is 2.04. The van der Waals surface area contributed by atoms with Gasteiger partial charge in [-0.25, -0.2) is 0 Å². The number of likely N-dealkylation sites (N-methyl/N-ethyl adjacent to an activating group) is 1. The Labute approximate surface area is 91.2 Å². The van der Waals surface area contributed by atoms with E-state index in [1.54, 1.807) is 0 Å². The third kappa shape index (κ3) is 1.60. The van der Waals surface area contributed by atoms with Crippen LogP contribution in [-0.4, -0.2) is 13.7 Å². The highest BCUT2D eigenvalue weighted by Gasteiger charge is 2.21. The summed E-state index contributed by atoms with van der Waals surface area (Å²) in [5.41, 5.74) is 3.40. The fourth-order valence-electron chi connectivity index (χ4n) is 1.84. The molecule has 15 heavy (non-hydrogen) atoms. The Morgan fingerprint density at radius 3 is 2.80 bits per heavy atom. The quantitative estimate of drug-likeness (QED) is 0.695. The summed E-state index contributed by atoms with van der Waals surface area (Å²) in [6, 6.07) is 6.28. The number of fused-ring (bicyclic) bond motifs is 1. The van der Waals surface area contributed by atoms with Crippen LogP contribution in [0.3, 0.4) is 0 Å². The number of benzene rings is 1. The molecule has 0 amide bonds. The van der Waals surface area contributed by atoms with Crippen molar-refractivity contribution in [2.75, 3.05) is 18.6 Å². The molecule has 80 valence electrons. The van der Waals surface area contributed by atoms with Gasteiger partial charge in [0.1, 0.15) is 12.4 Å². The van der Waals surface area contributed by atoms with Crippen LogP contribution in [0.1, 0.15) is 25.3 Å². The third-order valence-electron chi connectivity index (χ3n) is 2.87. The van der Waals surface area contributed by atoms with E-state index in [4.69, 9.17) is 4.74 Å². The summed E-state index contributed by atoms with van der Waals surface area (Å²) in [6.45, 7) is 8.93. The SMILES string of the molecule is C=C1COc2c(C(C)C)cccc2N1C. The van der Waals surface area contributed by atoms with Gasteiger partial charge in [-0.2, -0.15) is 0 Å². The minimum atomic E-state index is 0.486.